The second-order valence-corrected chi connectivity index (χ2v) is 16.3. The van der Waals surface area contributed by atoms with Crippen LogP contribution in [0, 0.1) is 0 Å². The Hall–Kier alpha value is -6.02. The van der Waals surface area contributed by atoms with Crippen LogP contribution in [0.25, 0.3) is 97.0 Å². The highest BCUT2D eigenvalue weighted by atomic mass is 32.1. The Morgan fingerprint density at radius 2 is 1.04 bits per heavy atom. The first-order valence-electron chi connectivity index (χ1n) is 18.9. The van der Waals surface area contributed by atoms with Gasteiger partial charge in [0.25, 0.3) is 0 Å². The van der Waals surface area contributed by atoms with Crippen LogP contribution < -0.4 is 0 Å². The minimum atomic E-state index is 0.0450. The highest BCUT2D eigenvalue weighted by molar-refractivity contribution is 7.26. The fourth-order valence-corrected chi connectivity index (χ4v) is 9.84. The quantitative estimate of drug-likeness (QED) is 0.161. The van der Waals surface area contributed by atoms with Crippen molar-refractivity contribution in [2.45, 2.75) is 26.2 Å². The van der Waals surface area contributed by atoms with Gasteiger partial charge in [-0.2, -0.15) is 0 Å². The third-order valence-electron chi connectivity index (χ3n) is 10.9. The SMILES string of the molecule is [2H]c1ccc2cc(-c3ccc(-c4c5ccccc5c(-c5cccc(-c6ccc(C(C)(C)C)c7sc8ccccc8c67)c5)c5ccccc45)cc3)ccc2c1. The summed E-state index contributed by atoms with van der Waals surface area (Å²) >= 11 is 1.92. The molecule has 1 heteroatoms. The molecule has 0 amide bonds. The maximum absolute atomic E-state index is 7.99. The van der Waals surface area contributed by atoms with Crippen molar-refractivity contribution in [3.63, 3.8) is 0 Å². The van der Waals surface area contributed by atoms with E-state index in [-0.39, 0.29) is 5.41 Å². The first kappa shape index (κ1) is 30.6. The van der Waals surface area contributed by atoms with Crippen LogP contribution in [0.2, 0.25) is 0 Å². The van der Waals surface area contributed by atoms with Gasteiger partial charge in [0.1, 0.15) is 0 Å². The van der Waals surface area contributed by atoms with Gasteiger partial charge in [-0.15, -0.1) is 11.3 Å². The van der Waals surface area contributed by atoms with Gasteiger partial charge < -0.3 is 0 Å². The maximum atomic E-state index is 7.99. The zero-order valence-electron chi connectivity index (χ0n) is 31.1. The molecule has 252 valence electrons. The molecule has 10 aromatic rings. The van der Waals surface area contributed by atoms with Crippen molar-refractivity contribution in [2.75, 3.05) is 0 Å². The lowest BCUT2D eigenvalue weighted by Gasteiger charge is -2.21. The number of hydrogen-bond donors (Lipinski definition) is 0. The second kappa shape index (κ2) is 12.3. The first-order valence-corrected chi connectivity index (χ1v) is 19.2. The Labute approximate surface area is 316 Å². The average Bonchev–Trinajstić information content (AvgIpc) is 3.59. The van der Waals surface area contributed by atoms with Crippen molar-refractivity contribution in [3.05, 3.63) is 181 Å². The lowest BCUT2D eigenvalue weighted by atomic mass is 9.83. The van der Waals surface area contributed by atoms with Gasteiger partial charge in [-0.05, 0) is 106 Å². The highest BCUT2D eigenvalue weighted by Crippen LogP contribution is 2.47. The van der Waals surface area contributed by atoms with E-state index in [2.05, 4.69) is 172 Å². The van der Waals surface area contributed by atoms with E-state index < -0.39 is 0 Å². The van der Waals surface area contributed by atoms with Gasteiger partial charge in [0.05, 0.1) is 1.37 Å². The molecule has 0 saturated heterocycles. The predicted octanol–water partition coefficient (Wildman–Crippen LogP) is 15.5. The van der Waals surface area contributed by atoms with Crippen LogP contribution in [-0.2, 0) is 5.41 Å². The van der Waals surface area contributed by atoms with Crippen molar-refractivity contribution < 1.29 is 1.37 Å². The monoisotopic (exact) mass is 695 g/mol. The van der Waals surface area contributed by atoms with E-state index in [0.717, 1.165) is 10.8 Å². The fraction of sp³-hybridized carbons (Fsp3) is 0.0769. The second-order valence-electron chi connectivity index (χ2n) is 15.2. The van der Waals surface area contributed by atoms with Crippen molar-refractivity contribution in [1.29, 1.82) is 0 Å². The summed E-state index contributed by atoms with van der Waals surface area (Å²) in [6, 6.07) is 62.6. The summed E-state index contributed by atoms with van der Waals surface area (Å²) in [5, 5.41) is 9.95. The Morgan fingerprint density at radius 3 is 1.74 bits per heavy atom. The molecule has 0 bridgehead atoms. The molecule has 0 aliphatic rings. The van der Waals surface area contributed by atoms with Gasteiger partial charge in [0.2, 0.25) is 0 Å². The molecule has 0 nitrogen and oxygen atoms in total. The van der Waals surface area contributed by atoms with Crippen LogP contribution >= 0.6 is 11.3 Å². The number of rotatable bonds is 4. The third-order valence-corrected chi connectivity index (χ3v) is 12.1. The highest BCUT2D eigenvalue weighted by Gasteiger charge is 2.23. The minimum Gasteiger partial charge on any atom is -0.135 e. The molecular formula is C52H38S. The summed E-state index contributed by atoms with van der Waals surface area (Å²) in [4.78, 5) is 0. The Kier molecular flexibility index (Phi) is 7.10. The molecule has 0 atom stereocenters. The molecule has 0 unspecified atom stereocenters. The Balaban J connectivity index is 1.14. The van der Waals surface area contributed by atoms with Gasteiger partial charge in [-0.3, -0.25) is 0 Å². The first-order chi connectivity index (χ1) is 26.3. The van der Waals surface area contributed by atoms with Gasteiger partial charge in [0.15, 0.2) is 0 Å². The molecule has 53 heavy (non-hydrogen) atoms. The summed E-state index contributed by atoms with van der Waals surface area (Å²) in [6.07, 6.45) is 0. The zero-order valence-corrected chi connectivity index (χ0v) is 30.9. The molecular weight excluding hydrogens is 657 g/mol. The third kappa shape index (κ3) is 5.26. The van der Waals surface area contributed by atoms with E-state index in [9.17, 15) is 0 Å². The molecule has 0 aliphatic heterocycles. The number of benzene rings is 9. The largest absolute Gasteiger partial charge is 0.135 e. The summed E-state index contributed by atoms with van der Waals surface area (Å²) < 4.78 is 10.7. The standard InChI is InChI=1S/C52H38S/c1-52(2,3)46-30-29-40(50-45-21-10-11-22-47(45)53-51(46)50)38-15-12-16-39(32-38)49-43-19-8-6-17-41(43)48(42-18-7-9-20-44(42)49)35-26-23-34(24-27-35)37-28-25-33-13-4-5-14-36(33)31-37/h4-32H,1-3H3/i4D. The van der Waals surface area contributed by atoms with Crippen LogP contribution in [0.5, 0.6) is 0 Å². The lowest BCUT2D eigenvalue weighted by Crippen LogP contribution is -2.11. The summed E-state index contributed by atoms with van der Waals surface area (Å²) in [5.41, 5.74) is 11.3. The maximum Gasteiger partial charge on any atom is 0.0623 e. The molecule has 9 aromatic carbocycles. The van der Waals surface area contributed by atoms with Crippen LogP contribution in [0.3, 0.4) is 0 Å². The van der Waals surface area contributed by atoms with Crippen molar-refractivity contribution in [3.8, 4) is 44.5 Å². The molecule has 1 aromatic heterocycles. The van der Waals surface area contributed by atoms with E-state index in [1.807, 2.05) is 29.5 Å². The molecule has 1 heterocycles. The van der Waals surface area contributed by atoms with E-state index >= 15 is 0 Å². The van der Waals surface area contributed by atoms with Gasteiger partial charge in [-0.25, -0.2) is 0 Å². The van der Waals surface area contributed by atoms with Crippen molar-refractivity contribution >= 4 is 63.8 Å². The van der Waals surface area contributed by atoms with Crippen LogP contribution in [0.4, 0.5) is 0 Å². The van der Waals surface area contributed by atoms with Crippen LogP contribution in [-0.4, -0.2) is 0 Å². The molecule has 0 aliphatic carbocycles. The molecule has 0 radical (unpaired) electrons. The van der Waals surface area contributed by atoms with Crippen LogP contribution in [0.1, 0.15) is 27.7 Å². The number of thiophene rings is 1. The minimum absolute atomic E-state index is 0.0450. The number of hydrogen-bond acceptors (Lipinski definition) is 1. The number of fused-ring (bicyclic) bond motifs is 6. The molecule has 0 N–H and O–H groups in total. The van der Waals surface area contributed by atoms with Crippen molar-refractivity contribution in [1.82, 2.24) is 0 Å². The Morgan fingerprint density at radius 1 is 0.434 bits per heavy atom. The molecule has 10 rings (SSSR count). The normalized spacial score (nSPS) is 12.3. The van der Waals surface area contributed by atoms with Gasteiger partial charge in [0, 0.05) is 20.2 Å². The lowest BCUT2D eigenvalue weighted by molar-refractivity contribution is 0.597. The summed E-state index contributed by atoms with van der Waals surface area (Å²) in [5.74, 6) is 0. The van der Waals surface area contributed by atoms with E-state index in [0.29, 0.717) is 6.04 Å². The fourth-order valence-electron chi connectivity index (χ4n) is 8.39. The molecule has 0 fully saturated rings. The van der Waals surface area contributed by atoms with Gasteiger partial charge >= 0.3 is 0 Å². The summed E-state index contributed by atoms with van der Waals surface area (Å²) in [6.45, 7) is 6.96. The van der Waals surface area contributed by atoms with Crippen LogP contribution in [0.15, 0.2) is 176 Å². The van der Waals surface area contributed by atoms with E-state index in [4.69, 9.17) is 1.37 Å². The molecule has 0 spiro atoms. The summed E-state index contributed by atoms with van der Waals surface area (Å²) in [7, 11) is 0. The average molecular weight is 696 g/mol. The van der Waals surface area contributed by atoms with Gasteiger partial charge in [-0.1, -0.05) is 178 Å². The van der Waals surface area contributed by atoms with E-state index in [1.165, 1.54) is 91.8 Å². The van der Waals surface area contributed by atoms with Crippen molar-refractivity contribution in [2.24, 2.45) is 0 Å². The predicted molar refractivity (Wildman–Crippen MR) is 232 cm³/mol. The Bertz CT molecular complexity index is 3030. The van der Waals surface area contributed by atoms with E-state index in [1.54, 1.807) is 0 Å². The molecule has 0 saturated carbocycles. The zero-order chi connectivity index (χ0) is 36.6. The topological polar surface area (TPSA) is 0 Å². The smallest absolute Gasteiger partial charge is 0.0623 e.